The topological polar surface area (TPSA) is 49.3 Å². The van der Waals surface area contributed by atoms with E-state index in [9.17, 15) is 9.90 Å². The van der Waals surface area contributed by atoms with E-state index in [0.29, 0.717) is 5.56 Å². The summed E-state index contributed by atoms with van der Waals surface area (Å²) in [7, 11) is 0. The van der Waals surface area contributed by atoms with Crippen LogP contribution in [0.15, 0.2) is 66.7 Å². The van der Waals surface area contributed by atoms with E-state index in [2.05, 4.69) is 17.4 Å². The third-order valence-corrected chi connectivity index (χ3v) is 4.53. The highest BCUT2D eigenvalue weighted by Crippen LogP contribution is 2.25. The van der Waals surface area contributed by atoms with Crippen molar-refractivity contribution in [3.05, 3.63) is 94.0 Å². The molecule has 3 aromatic rings. The number of rotatable bonds is 6. The van der Waals surface area contributed by atoms with Gasteiger partial charge in [0.1, 0.15) is 0 Å². The lowest BCUT2D eigenvalue weighted by Gasteiger charge is -2.10. The number of carboxylic acids is 1. The largest absolute Gasteiger partial charge is 0.478 e. The average molecular weight is 366 g/mol. The molecule has 0 radical (unpaired) electrons. The van der Waals surface area contributed by atoms with Crippen LogP contribution in [0.3, 0.4) is 0 Å². The maximum atomic E-state index is 11.2. The Morgan fingerprint density at radius 1 is 0.962 bits per heavy atom. The smallest absolute Gasteiger partial charge is 0.335 e. The molecule has 2 N–H and O–H groups in total. The van der Waals surface area contributed by atoms with Crippen molar-refractivity contribution in [1.29, 1.82) is 0 Å². The zero-order valence-electron chi connectivity index (χ0n) is 14.5. The van der Waals surface area contributed by atoms with Gasteiger partial charge in [0.25, 0.3) is 0 Å². The van der Waals surface area contributed by atoms with Gasteiger partial charge in [-0.1, -0.05) is 54.1 Å². The Hall–Kier alpha value is -2.62. The molecule has 0 aromatic heterocycles. The molecule has 3 rings (SSSR count). The molecule has 26 heavy (non-hydrogen) atoms. The van der Waals surface area contributed by atoms with E-state index in [-0.39, 0.29) is 0 Å². The molecule has 3 nitrogen and oxygen atoms in total. The van der Waals surface area contributed by atoms with Gasteiger partial charge in [-0.2, -0.15) is 0 Å². The van der Waals surface area contributed by atoms with E-state index < -0.39 is 5.97 Å². The average Bonchev–Trinajstić information content (AvgIpc) is 2.63. The first-order valence-electron chi connectivity index (χ1n) is 8.41. The summed E-state index contributed by atoms with van der Waals surface area (Å²) in [6.45, 7) is 3.49. The summed E-state index contributed by atoms with van der Waals surface area (Å²) < 4.78 is 0. The van der Waals surface area contributed by atoms with Crippen LogP contribution in [0.5, 0.6) is 0 Å². The Bertz CT molecular complexity index is 920. The van der Waals surface area contributed by atoms with Crippen LogP contribution >= 0.6 is 11.6 Å². The van der Waals surface area contributed by atoms with Crippen molar-refractivity contribution in [1.82, 2.24) is 5.32 Å². The van der Waals surface area contributed by atoms with E-state index >= 15 is 0 Å². The first-order valence-corrected chi connectivity index (χ1v) is 8.79. The number of halogens is 1. The van der Waals surface area contributed by atoms with Crippen LogP contribution in [0, 0.1) is 6.92 Å². The molecule has 0 heterocycles. The van der Waals surface area contributed by atoms with Crippen LogP contribution in [0.2, 0.25) is 5.02 Å². The highest BCUT2D eigenvalue weighted by molar-refractivity contribution is 6.30. The molecule has 132 valence electrons. The summed E-state index contributed by atoms with van der Waals surface area (Å²) in [6, 6.07) is 21.2. The number of aryl methyl sites for hydroxylation is 1. The van der Waals surface area contributed by atoms with Gasteiger partial charge < -0.3 is 10.4 Å². The van der Waals surface area contributed by atoms with Crippen molar-refractivity contribution in [2.45, 2.75) is 20.0 Å². The second kappa shape index (κ2) is 8.17. The molecule has 0 fully saturated rings. The molecule has 0 unspecified atom stereocenters. The predicted molar refractivity (Wildman–Crippen MR) is 106 cm³/mol. The third kappa shape index (κ3) is 4.51. The van der Waals surface area contributed by atoms with Crippen LogP contribution in [-0.4, -0.2) is 11.1 Å². The molecular weight excluding hydrogens is 346 g/mol. The first kappa shape index (κ1) is 18.2. The summed E-state index contributed by atoms with van der Waals surface area (Å²) in [6.07, 6.45) is 0. The summed E-state index contributed by atoms with van der Waals surface area (Å²) >= 11 is 6.00. The van der Waals surface area contributed by atoms with Crippen molar-refractivity contribution >= 4 is 17.6 Å². The molecular formula is C22H20ClNO2. The van der Waals surface area contributed by atoms with E-state index in [1.807, 2.05) is 49.4 Å². The molecule has 0 aliphatic rings. The molecule has 0 amide bonds. The first-order chi connectivity index (χ1) is 12.5. The predicted octanol–water partition coefficient (Wildman–Crippen LogP) is 5.30. The Morgan fingerprint density at radius 3 is 2.38 bits per heavy atom. The second-order valence-corrected chi connectivity index (χ2v) is 6.70. The number of carbonyl (C=O) groups is 1. The maximum absolute atomic E-state index is 11.2. The van der Waals surface area contributed by atoms with Gasteiger partial charge in [0, 0.05) is 18.1 Å². The Balaban J connectivity index is 1.67. The monoisotopic (exact) mass is 365 g/mol. The number of carboxylic acid groups (broad SMARTS) is 1. The normalized spacial score (nSPS) is 10.7. The van der Waals surface area contributed by atoms with Gasteiger partial charge in [0.2, 0.25) is 0 Å². The molecule has 0 saturated heterocycles. The number of aromatic carboxylic acids is 1. The van der Waals surface area contributed by atoms with Crippen molar-refractivity contribution < 1.29 is 9.90 Å². The summed E-state index contributed by atoms with van der Waals surface area (Å²) in [5.41, 5.74) is 5.64. The standard InChI is InChI=1S/C22H20ClNO2/c1-15-5-8-19(22(25)26)12-21(15)18-9-6-16(7-10-18)13-24-14-17-3-2-4-20(23)11-17/h2-12,24H,13-14H2,1H3,(H,25,26). The fourth-order valence-corrected chi connectivity index (χ4v) is 3.08. The van der Waals surface area contributed by atoms with Crippen molar-refractivity contribution in [3.63, 3.8) is 0 Å². The van der Waals surface area contributed by atoms with Gasteiger partial charge in [0.05, 0.1) is 5.56 Å². The van der Waals surface area contributed by atoms with Gasteiger partial charge in [0.15, 0.2) is 0 Å². The summed E-state index contributed by atoms with van der Waals surface area (Å²) in [5, 5.41) is 13.3. The number of benzene rings is 3. The SMILES string of the molecule is Cc1ccc(C(=O)O)cc1-c1ccc(CNCc2cccc(Cl)c2)cc1. The zero-order valence-corrected chi connectivity index (χ0v) is 15.3. The van der Waals surface area contributed by atoms with Gasteiger partial charge in [-0.25, -0.2) is 4.79 Å². The van der Waals surface area contributed by atoms with Gasteiger partial charge in [-0.3, -0.25) is 0 Å². The maximum Gasteiger partial charge on any atom is 0.335 e. The van der Waals surface area contributed by atoms with Gasteiger partial charge >= 0.3 is 5.97 Å². The second-order valence-electron chi connectivity index (χ2n) is 6.27. The molecule has 0 spiro atoms. The lowest BCUT2D eigenvalue weighted by molar-refractivity contribution is 0.0697. The minimum absolute atomic E-state index is 0.304. The molecule has 0 aliphatic carbocycles. The zero-order chi connectivity index (χ0) is 18.5. The third-order valence-electron chi connectivity index (χ3n) is 4.30. The van der Waals surface area contributed by atoms with Crippen molar-refractivity contribution in [2.75, 3.05) is 0 Å². The quantitative estimate of drug-likeness (QED) is 0.622. The Labute approximate surface area is 158 Å². The fraction of sp³-hybridized carbons (Fsp3) is 0.136. The highest BCUT2D eigenvalue weighted by Gasteiger charge is 2.08. The Kier molecular flexibility index (Phi) is 5.71. The molecule has 0 aliphatic heterocycles. The summed E-state index contributed by atoms with van der Waals surface area (Å²) in [4.78, 5) is 11.2. The van der Waals surface area contributed by atoms with Crippen LogP contribution in [-0.2, 0) is 13.1 Å². The lowest BCUT2D eigenvalue weighted by atomic mass is 9.97. The van der Waals surface area contributed by atoms with E-state index in [1.54, 1.807) is 12.1 Å². The molecule has 4 heteroatoms. The molecule has 0 atom stereocenters. The summed E-state index contributed by atoms with van der Waals surface area (Å²) in [5.74, 6) is -0.909. The van der Waals surface area contributed by atoms with Gasteiger partial charge in [-0.05, 0) is 59.0 Å². The molecule has 0 saturated carbocycles. The fourth-order valence-electron chi connectivity index (χ4n) is 2.87. The van der Waals surface area contributed by atoms with Crippen molar-refractivity contribution in [2.24, 2.45) is 0 Å². The van der Waals surface area contributed by atoms with Crippen LogP contribution in [0.4, 0.5) is 0 Å². The molecule has 3 aromatic carbocycles. The van der Waals surface area contributed by atoms with Gasteiger partial charge in [-0.15, -0.1) is 0 Å². The number of hydrogen-bond donors (Lipinski definition) is 2. The van der Waals surface area contributed by atoms with E-state index in [0.717, 1.165) is 40.4 Å². The molecule has 0 bridgehead atoms. The minimum atomic E-state index is -0.909. The number of nitrogens with one attached hydrogen (secondary N) is 1. The Morgan fingerprint density at radius 2 is 1.69 bits per heavy atom. The lowest BCUT2D eigenvalue weighted by Crippen LogP contribution is -2.12. The van der Waals surface area contributed by atoms with Crippen LogP contribution < -0.4 is 5.32 Å². The van der Waals surface area contributed by atoms with Crippen LogP contribution in [0.25, 0.3) is 11.1 Å². The number of hydrogen-bond acceptors (Lipinski definition) is 2. The highest BCUT2D eigenvalue weighted by atomic mass is 35.5. The van der Waals surface area contributed by atoms with E-state index in [1.165, 1.54) is 5.56 Å². The minimum Gasteiger partial charge on any atom is -0.478 e. The van der Waals surface area contributed by atoms with Crippen LogP contribution in [0.1, 0.15) is 27.0 Å². The van der Waals surface area contributed by atoms with Crippen molar-refractivity contribution in [3.8, 4) is 11.1 Å². The van der Waals surface area contributed by atoms with E-state index in [4.69, 9.17) is 11.6 Å².